The Kier molecular flexibility index (Phi) is 3.43. The zero-order valence-corrected chi connectivity index (χ0v) is 12.7. The van der Waals surface area contributed by atoms with Crippen molar-refractivity contribution in [2.24, 2.45) is 0 Å². The van der Waals surface area contributed by atoms with Crippen LogP contribution in [-0.4, -0.2) is 38.5 Å². The van der Waals surface area contributed by atoms with Gasteiger partial charge < -0.3 is 0 Å². The van der Waals surface area contributed by atoms with Crippen LogP contribution < -0.4 is 4.57 Å². The highest BCUT2D eigenvalue weighted by molar-refractivity contribution is 7.85. The highest BCUT2D eigenvalue weighted by atomic mass is 32.2. The van der Waals surface area contributed by atoms with Crippen molar-refractivity contribution < 1.29 is 17.5 Å². The summed E-state index contributed by atoms with van der Waals surface area (Å²) in [6, 6.07) is 3.68. The van der Waals surface area contributed by atoms with Crippen molar-refractivity contribution in [3.8, 4) is 10.6 Å². The third-order valence-electron chi connectivity index (χ3n) is 2.89. The first kappa shape index (κ1) is 14.0. The molecule has 3 aromatic heterocycles. The van der Waals surface area contributed by atoms with E-state index >= 15 is 0 Å². The number of rotatable bonds is 4. The molecule has 0 saturated heterocycles. The van der Waals surface area contributed by atoms with Gasteiger partial charge in [-0.25, -0.2) is 4.57 Å². The lowest BCUT2D eigenvalue weighted by atomic mass is 10.3. The number of fused-ring (bicyclic) bond motifs is 1. The molecule has 0 atom stereocenters. The van der Waals surface area contributed by atoms with Gasteiger partial charge in [-0.2, -0.15) is 18.0 Å². The first-order chi connectivity index (χ1) is 9.92. The Labute approximate surface area is 124 Å². The molecule has 0 spiro atoms. The maximum Gasteiger partial charge on any atom is 0.271 e. The minimum atomic E-state index is -3.95. The second-order valence-corrected chi connectivity index (χ2v) is 6.99. The number of aryl methyl sites for hydroxylation is 2. The van der Waals surface area contributed by atoms with E-state index in [0.717, 1.165) is 21.4 Å². The molecule has 0 aliphatic carbocycles. The molecule has 3 aromatic rings. The summed E-state index contributed by atoms with van der Waals surface area (Å²) in [5, 5.41) is 13.2. The number of pyridine rings is 1. The molecule has 10 heteroatoms. The van der Waals surface area contributed by atoms with E-state index in [2.05, 4.69) is 15.3 Å². The fourth-order valence-corrected chi connectivity index (χ4v) is 3.13. The highest BCUT2D eigenvalue weighted by Gasteiger charge is 2.13. The van der Waals surface area contributed by atoms with Gasteiger partial charge in [0.15, 0.2) is 24.8 Å². The molecule has 0 aromatic carbocycles. The zero-order valence-electron chi connectivity index (χ0n) is 11.0. The van der Waals surface area contributed by atoms with E-state index < -0.39 is 10.1 Å². The average molecular weight is 326 g/mol. The zero-order chi connectivity index (χ0) is 15.0. The minimum absolute atomic E-state index is 0.198. The lowest BCUT2D eigenvalue weighted by Crippen LogP contribution is -2.36. The van der Waals surface area contributed by atoms with E-state index in [9.17, 15) is 8.42 Å². The van der Waals surface area contributed by atoms with Gasteiger partial charge in [-0.05, 0) is 6.92 Å². The predicted molar refractivity (Wildman–Crippen MR) is 75.4 cm³/mol. The second kappa shape index (κ2) is 5.13. The molecule has 8 nitrogen and oxygen atoms in total. The highest BCUT2D eigenvalue weighted by Crippen LogP contribution is 2.24. The van der Waals surface area contributed by atoms with E-state index in [0.29, 0.717) is 0 Å². The van der Waals surface area contributed by atoms with Crippen molar-refractivity contribution >= 4 is 26.4 Å². The third kappa shape index (κ3) is 3.06. The molecule has 0 aliphatic heterocycles. The summed E-state index contributed by atoms with van der Waals surface area (Å²) in [5.74, 6) is 0.416. The van der Waals surface area contributed by atoms with E-state index in [-0.39, 0.29) is 12.3 Å². The van der Waals surface area contributed by atoms with Gasteiger partial charge in [0.05, 0.1) is 0 Å². The van der Waals surface area contributed by atoms with Crippen LogP contribution in [0.2, 0.25) is 0 Å². The first-order valence-electron chi connectivity index (χ1n) is 6.06. The first-order valence-corrected chi connectivity index (χ1v) is 8.48. The summed E-state index contributed by atoms with van der Waals surface area (Å²) in [7, 11) is -3.95. The smallest absolute Gasteiger partial charge is 0.271 e. The Morgan fingerprint density at radius 3 is 2.67 bits per heavy atom. The summed E-state index contributed by atoms with van der Waals surface area (Å²) >= 11 is 1.43. The van der Waals surface area contributed by atoms with Crippen LogP contribution in [0.1, 0.15) is 5.82 Å². The predicted octanol–water partition coefficient (Wildman–Crippen LogP) is 0.337. The van der Waals surface area contributed by atoms with Crippen LogP contribution in [-0.2, 0) is 16.7 Å². The molecule has 110 valence electrons. The standard InChI is InChI=1S/C11H11N5O3S2/c1-8-12-13-11-16(8)14-10(20-11)9-2-4-15(5-3-9)6-7-21(17,18)19/h2-5H,6-7H2,1H3/p+1. The molecule has 0 fully saturated rings. The van der Waals surface area contributed by atoms with Gasteiger partial charge in [0.2, 0.25) is 4.96 Å². The van der Waals surface area contributed by atoms with Crippen molar-refractivity contribution in [3.63, 3.8) is 0 Å². The second-order valence-electron chi connectivity index (χ2n) is 4.46. The van der Waals surface area contributed by atoms with Gasteiger partial charge in [0, 0.05) is 17.7 Å². The maximum atomic E-state index is 10.7. The Morgan fingerprint density at radius 2 is 2.05 bits per heavy atom. The van der Waals surface area contributed by atoms with Crippen molar-refractivity contribution in [1.82, 2.24) is 19.8 Å². The molecule has 0 aliphatic rings. The van der Waals surface area contributed by atoms with E-state index in [1.54, 1.807) is 21.5 Å². The largest absolute Gasteiger partial charge is 0.285 e. The fraction of sp³-hybridized carbons (Fsp3) is 0.273. The van der Waals surface area contributed by atoms with Crippen LogP contribution in [0.5, 0.6) is 0 Å². The van der Waals surface area contributed by atoms with E-state index in [1.165, 1.54) is 11.3 Å². The Balaban J connectivity index is 1.83. The molecule has 0 amide bonds. The van der Waals surface area contributed by atoms with Crippen molar-refractivity contribution in [3.05, 3.63) is 30.4 Å². The molecule has 1 N–H and O–H groups in total. The Morgan fingerprint density at radius 1 is 1.33 bits per heavy atom. The fourth-order valence-electron chi connectivity index (χ4n) is 1.80. The van der Waals surface area contributed by atoms with Crippen LogP contribution in [0.15, 0.2) is 24.5 Å². The van der Waals surface area contributed by atoms with Crippen LogP contribution in [0.25, 0.3) is 15.5 Å². The van der Waals surface area contributed by atoms with Crippen LogP contribution in [0.3, 0.4) is 0 Å². The summed E-state index contributed by atoms with van der Waals surface area (Å²) in [5.41, 5.74) is 0.910. The lowest BCUT2D eigenvalue weighted by molar-refractivity contribution is -0.692. The maximum absolute atomic E-state index is 10.7. The molecule has 0 radical (unpaired) electrons. The lowest BCUT2D eigenvalue weighted by Gasteiger charge is -1.97. The monoisotopic (exact) mass is 326 g/mol. The Bertz CT molecular complexity index is 882. The Hall–Kier alpha value is -1.91. The normalized spacial score (nSPS) is 12.1. The molecule has 21 heavy (non-hydrogen) atoms. The number of hydrogen-bond acceptors (Lipinski definition) is 6. The van der Waals surface area contributed by atoms with Gasteiger partial charge >= 0.3 is 0 Å². The molecule has 0 saturated carbocycles. The summed E-state index contributed by atoms with van der Waals surface area (Å²) in [4.78, 5) is 0.727. The molecule has 0 unspecified atom stereocenters. The van der Waals surface area contributed by atoms with Gasteiger partial charge in [-0.15, -0.1) is 10.2 Å². The van der Waals surface area contributed by atoms with Crippen molar-refractivity contribution in [2.45, 2.75) is 13.5 Å². The summed E-state index contributed by atoms with van der Waals surface area (Å²) in [6.07, 6.45) is 3.49. The number of aromatic nitrogens is 5. The summed E-state index contributed by atoms with van der Waals surface area (Å²) in [6.45, 7) is 2.03. The van der Waals surface area contributed by atoms with Gasteiger partial charge in [-0.3, -0.25) is 4.55 Å². The van der Waals surface area contributed by atoms with E-state index in [1.807, 2.05) is 19.1 Å². The average Bonchev–Trinajstić information content (AvgIpc) is 2.99. The van der Waals surface area contributed by atoms with Crippen LogP contribution in [0.4, 0.5) is 0 Å². The molecule has 3 heterocycles. The molecular formula is C11H12N5O3S2+. The van der Waals surface area contributed by atoms with Gasteiger partial charge in [-0.1, -0.05) is 11.3 Å². The minimum Gasteiger partial charge on any atom is -0.285 e. The van der Waals surface area contributed by atoms with Crippen molar-refractivity contribution in [2.75, 3.05) is 5.75 Å². The molecule has 0 bridgehead atoms. The van der Waals surface area contributed by atoms with E-state index in [4.69, 9.17) is 4.55 Å². The van der Waals surface area contributed by atoms with Crippen LogP contribution in [0, 0.1) is 6.92 Å². The quantitative estimate of drug-likeness (QED) is 0.548. The molecule has 3 rings (SSSR count). The topological polar surface area (TPSA) is 101 Å². The van der Waals surface area contributed by atoms with Gasteiger partial charge in [0.1, 0.15) is 10.8 Å². The van der Waals surface area contributed by atoms with Crippen molar-refractivity contribution in [1.29, 1.82) is 0 Å². The molecular weight excluding hydrogens is 314 g/mol. The number of nitrogens with zero attached hydrogens (tertiary/aromatic N) is 5. The number of hydrogen-bond donors (Lipinski definition) is 1. The SMILES string of the molecule is Cc1nnc2sc(-c3cc[n+](CCS(=O)(=O)O)cc3)nn12. The van der Waals surface area contributed by atoms with Gasteiger partial charge in [0.25, 0.3) is 10.1 Å². The van der Waals surface area contributed by atoms with Crippen LogP contribution >= 0.6 is 11.3 Å². The third-order valence-corrected chi connectivity index (χ3v) is 4.54. The summed E-state index contributed by atoms with van der Waals surface area (Å²) < 4.78 is 33.5.